The highest BCUT2D eigenvalue weighted by atomic mass is 19.1. The number of hydrogen-bond donors (Lipinski definition) is 1. The molecule has 0 aliphatic heterocycles. The Labute approximate surface area is 171 Å². The first-order chi connectivity index (χ1) is 13.6. The van der Waals surface area contributed by atoms with E-state index in [1.807, 2.05) is 45.9 Å². The van der Waals surface area contributed by atoms with E-state index in [2.05, 4.69) is 5.32 Å². The maximum absolute atomic E-state index is 14.2. The molecule has 2 amide bonds. The zero-order valence-corrected chi connectivity index (χ0v) is 17.7. The van der Waals surface area contributed by atoms with Gasteiger partial charge in [0, 0.05) is 17.6 Å². The number of nitrogens with one attached hydrogen (secondary N) is 1. The second-order valence-electron chi connectivity index (χ2n) is 8.13. The first-order valence-electron chi connectivity index (χ1n) is 9.61. The molecule has 6 heteroatoms. The summed E-state index contributed by atoms with van der Waals surface area (Å²) in [4.78, 5) is 26.9. The fourth-order valence-electron chi connectivity index (χ4n) is 2.80. The van der Waals surface area contributed by atoms with Crippen LogP contribution in [0.4, 0.5) is 4.39 Å². The first-order valence-corrected chi connectivity index (χ1v) is 9.61. The summed E-state index contributed by atoms with van der Waals surface area (Å²) >= 11 is 0. The molecular weight excluding hydrogens is 371 g/mol. The van der Waals surface area contributed by atoms with Gasteiger partial charge in [0.1, 0.15) is 17.6 Å². The van der Waals surface area contributed by atoms with Gasteiger partial charge in [-0.05, 0) is 58.4 Å². The molecule has 1 N–H and O–H groups in total. The molecule has 0 saturated heterocycles. The van der Waals surface area contributed by atoms with E-state index in [9.17, 15) is 14.0 Å². The van der Waals surface area contributed by atoms with Crippen LogP contribution in [-0.2, 0) is 16.1 Å². The van der Waals surface area contributed by atoms with Gasteiger partial charge in [-0.15, -0.1) is 0 Å². The van der Waals surface area contributed by atoms with Gasteiger partial charge in [0.15, 0.2) is 6.61 Å². The van der Waals surface area contributed by atoms with Crippen LogP contribution in [0, 0.1) is 12.7 Å². The summed E-state index contributed by atoms with van der Waals surface area (Å²) in [6.45, 7) is 8.88. The van der Waals surface area contributed by atoms with E-state index in [0.29, 0.717) is 11.3 Å². The second kappa shape index (κ2) is 9.54. The zero-order valence-electron chi connectivity index (χ0n) is 17.7. The van der Waals surface area contributed by atoms with Crippen molar-refractivity contribution in [1.82, 2.24) is 10.2 Å². The second-order valence-corrected chi connectivity index (χ2v) is 8.13. The molecule has 0 aliphatic carbocycles. The van der Waals surface area contributed by atoms with Crippen molar-refractivity contribution in [2.45, 2.75) is 52.7 Å². The van der Waals surface area contributed by atoms with Crippen molar-refractivity contribution in [2.24, 2.45) is 0 Å². The lowest BCUT2D eigenvalue weighted by molar-refractivity contribution is -0.142. The lowest BCUT2D eigenvalue weighted by atomic mass is 10.1. The van der Waals surface area contributed by atoms with E-state index in [0.717, 1.165) is 5.56 Å². The number of hydrogen-bond acceptors (Lipinski definition) is 3. The highest BCUT2D eigenvalue weighted by Gasteiger charge is 2.29. The van der Waals surface area contributed by atoms with Crippen molar-refractivity contribution in [3.05, 3.63) is 65.5 Å². The monoisotopic (exact) mass is 400 g/mol. The van der Waals surface area contributed by atoms with Crippen LogP contribution in [-0.4, -0.2) is 34.9 Å². The van der Waals surface area contributed by atoms with Gasteiger partial charge in [-0.25, -0.2) is 4.39 Å². The Morgan fingerprint density at radius 1 is 1.14 bits per heavy atom. The maximum atomic E-state index is 14.2. The fourth-order valence-corrected chi connectivity index (χ4v) is 2.80. The normalized spacial score (nSPS) is 12.2. The number of carbonyl (C=O) groups is 2. The van der Waals surface area contributed by atoms with E-state index in [1.54, 1.807) is 31.2 Å². The Balaban J connectivity index is 2.19. The minimum Gasteiger partial charge on any atom is -0.484 e. The van der Waals surface area contributed by atoms with Gasteiger partial charge in [-0.3, -0.25) is 9.59 Å². The lowest BCUT2D eigenvalue weighted by Gasteiger charge is -2.31. The fraction of sp³-hybridized carbons (Fsp3) is 0.391. The molecule has 156 valence electrons. The van der Waals surface area contributed by atoms with Crippen molar-refractivity contribution >= 4 is 11.8 Å². The Hall–Kier alpha value is -2.89. The topological polar surface area (TPSA) is 58.6 Å². The zero-order chi connectivity index (χ0) is 21.6. The molecule has 2 rings (SSSR count). The Morgan fingerprint density at radius 3 is 2.45 bits per heavy atom. The van der Waals surface area contributed by atoms with Gasteiger partial charge in [-0.2, -0.15) is 0 Å². The van der Waals surface area contributed by atoms with Crippen LogP contribution < -0.4 is 10.1 Å². The molecule has 2 aromatic carbocycles. The van der Waals surface area contributed by atoms with Crippen molar-refractivity contribution in [3.8, 4) is 5.75 Å². The largest absolute Gasteiger partial charge is 0.484 e. The SMILES string of the molecule is Cc1cccc(OCC(=O)N(Cc2ccccc2F)[C@H](C)C(=O)NC(C)(C)C)c1. The van der Waals surface area contributed by atoms with Crippen molar-refractivity contribution in [3.63, 3.8) is 0 Å². The van der Waals surface area contributed by atoms with Gasteiger partial charge in [0.25, 0.3) is 5.91 Å². The Bertz CT molecular complexity index is 861. The van der Waals surface area contributed by atoms with Crippen molar-refractivity contribution in [2.75, 3.05) is 6.61 Å². The van der Waals surface area contributed by atoms with Crippen LogP contribution in [0.3, 0.4) is 0 Å². The third kappa shape index (κ3) is 6.89. The number of rotatable bonds is 7. The summed E-state index contributed by atoms with van der Waals surface area (Å²) in [5.41, 5.74) is 0.902. The first kappa shape index (κ1) is 22.4. The third-order valence-electron chi connectivity index (χ3n) is 4.32. The van der Waals surface area contributed by atoms with Gasteiger partial charge in [-0.1, -0.05) is 30.3 Å². The Morgan fingerprint density at radius 2 is 1.83 bits per heavy atom. The van der Waals surface area contributed by atoms with Gasteiger partial charge >= 0.3 is 0 Å². The lowest BCUT2D eigenvalue weighted by Crippen LogP contribution is -2.53. The van der Waals surface area contributed by atoms with E-state index < -0.39 is 23.3 Å². The summed E-state index contributed by atoms with van der Waals surface area (Å²) in [6, 6.07) is 12.8. The van der Waals surface area contributed by atoms with Gasteiger partial charge < -0.3 is 15.0 Å². The number of halogens is 1. The molecule has 0 heterocycles. The molecule has 0 saturated carbocycles. The molecular formula is C23H29FN2O3. The molecule has 0 spiro atoms. The molecule has 0 unspecified atom stereocenters. The number of ether oxygens (including phenoxy) is 1. The number of nitrogens with zero attached hydrogens (tertiary/aromatic N) is 1. The maximum Gasteiger partial charge on any atom is 0.261 e. The summed E-state index contributed by atoms with van der Waals surface area (Å²) in [6.07, 6.45) is 0. The Kier molecular flexibility index (Phi) is 7.37. The molecule has 0 fully saturated rings. The molecule has 0 bridgehead atoms. The number of amides is 2. The molecule has 0 aliphatic rings. The van der Waals surface area contributed by atoms with Crippen molar-refractivity contribution in [1.29, 1.82) is 0 Å². The van der Waals surface area contributed by atoms with E-state index in [4.69, 9.17) is 4.74 Å². The number of benzene rings is 2. The van der Waals surface area contributed by atoms with E-state index in [-0.39, 0.29) is 19.1 Å². The minimum absolute atomic E-state index is 0.0264. The number of aryl methyl sites for hydroxylation is 1. The number of carbonyl (C=O) groups excluding carboxylic acids is 2. The molecule has 1 atom stereocenters. The summed E-state index contributed by atoms with van der Waals surface area (Å²) in [5.74, 6) is -0.562. The molecule has 29 heavy (non-hydrogen) atoms. The van der Waals surface area contributed by atoms with Crippen LogP contribution in [0.25, 0.3) is 0 Å². The van der Waals surface area contributed by atoms with Crippen LogP contribution in [0.2, 0.25) is 0 Å². The quantitative estimate of drug-likeness (QED) is 0.768. The van der Waals surface area contributed by atoms with Crippen LogP contribution in [0.5, 0.6) is 5.75 Å². The average molecular weight is 400 g/mol. The van der Waals surface area contributed by atoms with Gasteiger partial charge in [0.05, 0.1) is 0 Å². The molecule has 0 radical (unpaired) electrons. The standard InChI is InChI=1S/C23H29FN2O3/c1-16-9-8-11-19(13-16)29-15-21(27)26(14-18-10-6-7-12-20(18)24)17(2)22(28)25-23(3,4)5/h6-13,17H,14-15H2,1-5H3,(H,25,28)/t17-/m1/s1. The summed E-state index contributed by atoms with van der Waals surface area (Å²) in [5, 5.41) is 2.87. The third-order valence-corrected chi connectivity index (χ3v) is 4.32. The van der Waals surface area contributed by atoms with E-state index >= 15 is 0 Å². The summed E-state index contributed by atoms with van der Waals surface area (Å²) in [7, 11) is 0. The smallest absolute Gasteiger partial charge is 0.261 e. The van der Waals surface area contributed by atoms with Crippen LogP contribution in [0.15, 0.2) is 48.5 Å². The highest BCUT2D eigenvalue weighted by Crippen LogP contribution is 2.16. The van der Waals surface area contributed by atoms with Crippen LogP contribution >= 0.6 is 0 Å². The highest BCUT2D eigenvalue weighted by molar-refractivity contribution is 5.88. The van der Waals surface area contributed by atoms with Gasteiger partial charge in [0.2, 0.25) is 5.91 Å². The summed E-state index contributed by atoms with van der Waals surface area (Å²) < 4.78 is 19.8. The minimum atomic E-state index is -0.789. The predicted molar refractivity (Wildman–Crippen MR) is 111 cm³/mol. The molecule has 0 aromatic heterocycles. The van der Waals surface area contributed by atoms with Crippen LogP contribution in [0.1, 0.15) is 38.8 Å². The van der Waals surface area contributed by atoms with Crippen molar-refractivity contribution < 1.29 is 18.7 Å². The average Bonchev–Trinajstić information content (AvgIpc) is 2.63. The predicted octanol–water partition coefficient (Wildman–Crippen LogP) is 3.84. The van der Waals surface area contributed by atoms with E-state index in [1.165, 1.54) is 11.0 Å². The molecule has 5 nitrogen and oxygen atoms in total. The molecule has 2 aromatic rings.